The van der Waals surface area contributed by atoms with E-state index in [1.807, 2.05) is 31.2 Å². The monoisotopic (exact) mass is 498 g/mol. The second kappa shape index (κ2) is 8.56. The van der Waals surface area contributed by atoms with Gasteiger partial charge in [-0.05, 0) is 67.1 Å². The van der Waals surface area contributed by atoms with E-state index < -0.39 is 9.84 Å². The summed E-state index contributed by atoms with van der Waals surface area (Å²) in [7, 11) is -2.35. The Morgan fingerprint density at radius 3 is 2.29 bits per heavy atom. The summed E-state index contributed by atoms with van der Waals surface area (Å²) in [6, 6.07) is 21.0. The number of hydrogen-bond acceptors (Lipinski definition) is 6. The van der Waals surface area contributed by atoms with Crippen molar-refractivity contribution >= 4 is 37.3 Å². The Hall–Kier alpha value is -3.10. The molecule has 1 heterocycles. The van der Waals surface area contributed by atoms with Gasteiger partial charge in [-0.3, -0.25) is 0 Å². The van der Waals surface area contributed by atoms with E-state index in [1.165, 1.54) is 12.1 Å². The number of sulfone groups is 1. The summed E-state index contributed by atoms with van der Waals surface area (Å²) in [6.07, 6.45) is 0. The van der Waals surface area contributed by atoms with Gasteiger partial charge in [0.25, 0.3) is 0 Å². The van der Waals surface area contributed by atoms with E-state index >= 15 is 0 Å². The quantitative estimate of drug-likeness (QED) is 0.351. The number of nitrogens with one attached hydrogen (secondary N) is 1. The molecule has 0 aliphatic carbocycles. The molecule has 0 radical (unpaired) electrons. The van der Waals surface area contributed by atoms with Crippen LogP contribution in [0.3, 0.4) is 0 Å². The van der Waals surface area contributed by atoms with Gasteiger partial charge in [-0.1, -0.05) is 34.1 Å². The average Bonchev–Trinajstić information content (AvgIpc) is 3.19. The van der Waals surface area contributed by atoms with Crippen LogP contribution in [-0.2, 0) is 9.84 Å². The summed E-state index contributed by atoms with van der Waals surface area (Å²) < 4.78 is 38.7. The van der Waals surface area contributed by atoms with Gasteiger partial charge in [-0.25, -0.2) is 8.42 Å². The van der Waals surface area contributed by atoms with Crippen molar-refractivity contribution in [2.45, 2.75) is 16.8 Å². The maximum Gasteiger partial charge on any atom is 0.238 e. The SMILES string of the molecule is COc1ccc(Nc2oc(-c3ccccc3C)nc2S(=O)(=O)c2ccc(Br)cc2)cc1. The molecule has 0 aliphatic heterocycles. The van der Waals surface area contributed by atoms with Gasteiger partial charge >= 0.3 is 0 Å². The maximum absolute atomic E-state index is 13.4. The number of aryl methyl sites for hydroxylation is 1. The zero-order valence-electron chi connectivity index (χ0n) is 16.8. The number of benzene rings is 3. The van der Waals surface area contributed by atoms with Gasteiger partial charge in [0.2, 0.25) is 26.6 Å². The lowest BCUT2D eigenvalue weighted by Crippen LogP contribution is -2.05. The van der Waals surface area contributed by atoms with Crippen LogP contribution in [0.1, 0.15) is 5.56 Å². The highest BCUT2D eigenvalue weighted by molar-refractivity contribution is 9.10. The zero-order valence-corrected chi connectivity index (χ0v) is 19.2. The van der Waals surface area contributed by atoms with Crippen molar-refractivity contribution < 1.29 is 17.6 Å². The Bertz CT molecular complexity index is 1310. The predicted molar refractivity (Wildman–Crippen MR) is 123 cm³/mol. The van der Waals surface area contributed by atoms with Crippen LogP contribution in [0.5, 0.6) is 5.75 Å². The van der Waals surface area contributed by atoms with E-state index in [1.54, 1.807) is 43.5 Å². The molecule has 0 spiro atoms. The molecule has 3 aromatic carbocycles. The summed E-state index contributed by atoms with van der Waals surface area (Å²) in [5, 5.41) is 2.87. The second-order valence-corrected chi connectivity index (χ2v) is 9.56. The Morgan fingerprint density at radius 2 is 1.65 bits per heavy atom. The number of ether oxygens (including phenoxy) is 1. The number of anilines is 2. The third-order valence-electron chi connectivity index (χ3n) is 4.70. The summed E-state index contributed by atoms with van der Waals surface area (Å²) in [4.78, 5) is 4.51. The van der Waals surface area contributed by atoms with Crippen LogP contribution in [0.2, 0.25) is 0 Å². The topological polar surface area (TPSA) is 81.4 Å². The molecule has 0 atom stereocenters. The van der Waals surface area contributed by atoms with Gasteiger partial charge in [0.05, 0.1) is 12.0 Å². The molecule has 1 aromatic heterocycles. The minimum Gasteiger partial charge on any atom is -0.497 e. The Labute approximate surface area is 189 Å². The van der Waals surface area contributed by atoms with E-state index in [0.717, 1.165) is 15.6 Å². The second-order valence-electron chi connectivity index (χ2n) is 6.78. The fraction of sp³-hybridized carbons (Fsp3) is 0.0870. The van der Waals surface area contributed by atoms with Crippen molar-refractivity contribution in [2.75, 3.05) is 12.4 Å². The van der Waals surface area contributed by atoms with Gasteiger partial charge < -0.3 is 14.5 Å². The number of nitrogens with zero attached hydrogens (tertiary/aromatic N) is 1. The molecule has 31 heavy (non-hydrogen) atoms. The lowest BCUT2D eigenvalue weighted by atomic mass is 10.1. The zero-order chi connectivity index (χ0) is 22.0. The summed E-state index contributed by atoms with van der Waals surface area (Å²) in [5.74, 6) is 0.961. The number of hydrogen-bond donors (Lipinski definition) is 1. The fourth-order valence-electron chi connectivity index (χ4n) is 3.03. The maximum atomic E-state index is 13.4. The van der Waals surface area contributed by atoms with Crippen molar-refractivity contribution in [3.8, 4) is 17.2 Å². The first-order valence-corrected chi connectivity index (χ1v) is 11.6. The summed E-state index contributed by atoms with van der Waals surface area (Å²) in [5.41, 5.74) is 2.28. The normalized spacial score (nSPS) is 11.3. The Morgan fingerprint density at radius 1 is 0.968 bits per heavy atom. The van der Waals surface area contributed by atoms with Crippen LogP contribution >= 0.6 is 15.9 Å². The molecule has 1 N–H and O–H groups in total. The number of methoxy groups -OCH3 is 1. The van der Waals surface area contributed by atoms with E-state index in [9.17, 15) is 8.42 Å². The van der Waals surface area contributed by atoms with Gasteiger partial charge in [0.15, 0.2) is 0 Å². The van der Waals surface area contributed by atoms with Gasteiger partial charge in [0.1, 0.15) is 5.75 Å². The van der Waals surface area contributed by atoms with Crippen LogP contribution < -0.4 is 10.1 Å². The molecule has 4 rings (SSSR count). The first-order chi connectivity index (χ1) is 14.9. The van der Waals surface area contributed by atoms with Crippen LogP contribution in [0.4, 0.5) is 11.6 Å². The van der Waals surface area contributed by atoms with Gasteiger partial charge in [-0.15, -0.1) is 0 Å². The smallest absolute Gasteiger partial charge is 0.238 e. The van der Waals surface area contributed by atoms with E-state index in [0.29, 0.717) is 11.4 Å². The molecular formula is C23H19BrN2O4S. The number of aromatic nitrogens is 1. The molecule has 6 nitrogen and oxygen atoms in total. The predicted octanol–water partition coefficient (Wildman–Crippen LogP) is 6.00. The largest absolute Gasteiger partial charge is 0.497 e. The highest BCUT2D eigenvalue weighted by Gasteiger charge is 2.29. The third kappa shape index (κ3) is 4.35. The standard InChI is InChI=1S/C23H19BrN2O4S/c1-15-5-3-4-6-20(15)21-26-23(31(27,28)19-13-7-16(24)8-14-19)22(30-21)25-17-9-11-18(29-2)12-10-17/h3-14,25H,1-2H3. The van der Waals surface area contributed by atoms with Gasteiger partial charge in [0, 0.05) is 15.7 Å². The van der Waals surface area contributed by atoms with Crippen molar-refractivity contribution in [1.29, 1.82) is 0 Å². The first-order valence-electron chi connectivity index (χ1n) is 9.37. The number of halogens is 1. The van der Waals surface area contributed by atoms with Crippen LogP contribution in [-0.4, -0.2) is 20.5 Å². The average molecular weight is 499 g/mol. The van der Waals surface area contributed by atoms with Crippen LogP contribution in [0.25, 0.3) is 11.5 Å². The van der Waals surface area contributed by atoms with Crippen LogP contribution in [0, 0.1) is 6.92 Å². The third-order valence-corrected chi connectivity index (χ3v) is 6.91. The van der Waals surface area contributed by atoms with Crippen molar-refractivity contribution in [3.05, 3.63) is 82.8 Å². The Balaban J connectivity index is 1.83. The van der Waals surface area contributed by atoms with E-state index in [4.69, 9.17) is 9.15 Å². The van der Waals surface area contributed by atoms with Gasteiger partial charge in [-0.2, -0.15) is 4.98 Å². The lowest BCUT2D eigenvalue weighted by molar-refractivity contribution is 0.415. The summed E-state index contributed by atoms with van der Waals surface area (Å²) >= 11 is 3.33. The number of rotatable bonds is 6. The molecule has 4 aromatic rings. The molecule has 0 bridgehead atoms. The van der Waals surface area contributed by atoms with E-state index in [-0.39, 0.29) is 21.7 Å². The highest BCUT2D eigenvalue weighted by Crippen LogP contribution is 2.35. The lowest BCUT2D eigenvalue weighted by Gasteiger charge is -2.07. The molecule has 0 fully saturated rings. The fourth-order valence-corrected chi connectivity index (χ4v) is 4.55. The summed E-state index contributed by atoms with van der Waals surface area (Å²) in [6.45, 7) is 1.92. The van der Waals surface area contributed by atoms with Crippen molar-refractivity contribution in [2.24, 2.45) is 0 Å². The van der Waals surface area contributed by atoms with Crippen LogP contribution in [0.15, 0.2) is 91.6 Å². The molecule has 8 heteroatoms. The Kier molecular flexibility index (Phi) is 5.84. The van der Waals surface area contributed by atoms with Crippen molar-refractivity contribution in [1.82, 2.24) is 4.98 Å². The minimum absolute atomic E-state index is 0.0475. The molecule has 0 saturated carbocycles. The minimum atomic E-state index is -3.93. The molecule has 158 valence electrons. The number of oxazole rings is 1. The molecule has 0 saturated heterocycles. The molecule has 0 amide bonds. The highest BCUT2D eigenvalue weighted by atomic mass is 79.9. The molecule has 0 aliphatic rings. The van der Waals surface area contributed by atoms with Crippen molar-refractivity contribution in [3.63, 3.8) is 0 Å². The molecule has 0 unspecified atom stereocenters. The van der Waals surface area contributed by atoms with E-state index in [2.05, 4.69) is 26.2 Å². The molecular weight excluding hydrogens is 480 g/mol. The first kappa shape index (κ1) is 21.1.